The monoisotopic (exact) mass is 484 g/mol. The predicted molar refractivity (Wildman–Crippen MR) is 111 cm³/mol. The van der Waals surface area contributed by atoms with E-state index >= 15 is 0 Å². The highest BCUT2D eigenvalue weighted by Gasteiger charge is 2.37. The van der Waals surface area contributed by atoms with Gasteiger partial charge in [-0.1, -0.05) is 62.9 Å². The molecular weight excluding hydrogens is 474 g/mol. The minimum atomic E-state index is -1.07. The van der Waals surface area contributed by atoms with Crippen LogP contribution in [0.15, 0.2) is 36.5 Å². The summed E-state index contributed by atoms with van der Waals surface area (Å²) in [5.41, 5.74) is 5.65. The molecule has 0 spiro atoms. The number of nitrogens with zero attached hydrogens (tertiary/aromatic N) is 3. The van der Waals surface area contributed by atoms with Gasteiger partial charge in [0.15, 0.2) is 0 Å². The number of carbonyl (C=O) groups excluding carboxylic acids is 1. The summed E-state index contributed by atoms with van der Waals surface area (Å²) < 4.78 is 1.55. The topological polar surface area (TPSA) is 84.7 Å². The molecule has 2 unspecified atom stereocenters. The molecule has 0 bridgehead atoms. The number of carbonyl (C=O) groups is 1. The lowest BCUT2D eigenvalue weighted by atomic mass is 9.83. The molecule has 2 aromatic carbocycles. The Bertz CT molecular complexity index is 1110. The molecule has 0 saturated heterocycles. The molecule has 138 valence electrons. The number of amides is 1. The number of alkyl halides is 1. The maximum atomic E-state index is 11.5. The minimum Gasteiger partial charge on any atom is -0.366 e. The van der Waals surface area contributed by atoms with Crippen molar-refractivity contribution in [3.05, 3.63) is 62.7 Å². The summed E-state index contributed by atoms with van der Waals surface area (Å²) in [6.45, 7) is 1.73. The highest BCUT2D eigenvalue weighted by molar-refractivity contribution is 9.09. The second kappa shape index (κ2) is 7.33. The van der Waals surface area contributed by atoms with E-state index in [1.807, 2.05) is 0 Å². The van der Waals surface area contributed by atoms with Gasteiger partial charge < -0.3 is 5.73 Å². The van der Waals surface area contributed by atoms with E-state index in [-0.39, 0.29) is 5.02 Å². The number of benzene rings is 2. The molecule has 2 N–H and O–H groups in total. The summed E-state index contributed by atoms with van der Waals surface area (Å²) in [6.07, 6.45) is 1.69. The van der Waals surface area contributed by atoms with Crippen molar-refractivity contribution in [2.45, 2.75) is 17.3 Å². The molecule has 1 aromatic heterocycles. The number of aromatic nitrogens is 2. The van der Waals surface area contributed by atoms with Gasteiger partial charge in [0, 0.05) is 17.1 Å². The van der Waals surface area contributed by atoms with Crippen LogP contribution in [0, 0.1) is 11.3 Å². The van der Waals surface area contributed by atoms with Crippen LogP contribution in [0.2, 0.25) is 15.1 Å². The normalized spacial score (nSPS) is 14.5. The van der Waals surface area contributed by atoms with E-state index in [9.17, 15) is 10.1 Å². The molecule has 27 heavy (non-hydrogen) atoms. The highest BCUT2D eigenvalue weighted by atomic mass is 79.9. The van der Waals surface area contributed by atoms with Crippen LogP contribution in [-0.2, 0) is 5.41 Å². The molecule has 9 heteroatoms. The van der Waals surface area contributed by atoms with Crippen LogP contribution in [0.5, 0.6) is 0 Å². The fraction of sp³-hybridized carbons (Fsp3) is 0.167. The minimum absolute atomic E-state index is 0.281. The number of nitrogens with two attached hydrogens (primary N) is 1. The standard InChI is InChI=1S/C18H12BrCl3N4O/c1-18(8-23,10-4-2-3-9(5-10)16(24)27)17(19)26-7-11-12(20)6-13(21)14(22)15(11)25-26/h2-7,17H,1H3,(H2,24,27). The van der Waals surface area contributed by atoms with Crippen LogP contribution in [0.1, 0.15) is 27.8 Å². The van der Waals surface area contributed by atoms with Crippen molar-refractivity contribution in [1.82, 2.24) is 9.78 Å². The summed E-state index contributed by atoms with van der Waals surface area (Å²) in [6, 6.07) is 10.5. The predicted octanol–water partition coefficient (Wildman–Crippen LogP) is 5.47. The molecule has 0 aliphatic rings. The van der Waals surface area contributed by atoms with Crippen molar-refractivity contribution in [2.75, 3.05) is 0 Å². The van der Waals surface area contributed by atoms with Crippen LogP contribution in [0.25, 0.3) is 10.9 Å². The van der Waals surface area contributed by atoms with Gasteiger partial charge in [-0.15, -0.1) is 0 Å². The first-order valence-electron chi connectivity index (χ1n) is 7.67. The zero-order valence-electron chi connectivity index (χ0n) is 13.9. The SMILES string of the molecule is CC(C#N)(c1cccc(C(N)=O)c1)C(Br)n1cc2c(Cl)cc(Cl)c(Cl)c2n1. The second-order valence-corrected chi connectivity index (χ2v) is 8.18. The zero-order valence-corrected chi connectivity index (χ0v) is 17.7. The van der Waals surface area contributed by atoms with Gasteiger partial charge in [0.05, 0.1) is 21.1 Å². The van der Waals surface area contributed by atoms with E-state index in [2.05, 4.69) is 27.1 Å². The molecule has 0 radical (unpaired) electrons. The molecule has 3 rings (SSSR count). The van der Waals surface area contributed by atoms with Crippen molar-refractivity contribution >= 4 is 67.5 Å². The first-order chi connectivity index (χ1) is 12.7. The molecule has 0 fully saturated rings. The summed E-state index contributed by atoms with van der Waals surface area (Å²) in [5.74, 6) is -0.568. The third-order valence-electron chi connectivity index (χ3n) is 4.35. The Balaban J connectivity index is 2.14. The molecule has 0 aliphatic heterocycles. The smallest absolute Gasteiger partial charge is 0.248 e. The average Bonchev–Trinajstić information content (AvgIpc) is 3.11. The molecule has 5 nitrogen and oxygen atoms in total. The summed E-state index contributed by atoms with van der Waals surface area (Å²) in [5, 5.41) is 16.0. The molecule has 1 heterocycles. The summed E-state index contributed by atoms with van der Waals surface area (Å²) >= 11 is 22.1. The van der Waals surface area contributed by atoms with E-state index in [0.29, 0.717) is 32.1 Å². The summed E-state index contributed by atoms with van der Waals surface area (Å²) in [4.78, 5) is 10.9. The Labute approximate surface area is 178 Å². The second-order valence-electron chi connectivity index (χ2n) is 6.12. The molecular formula is C18H12BrCl3N4O. The van der Waals surface area contributed by atoms with Crippen molar-refractivity contribution < 1.29 is 4.79 Å². The van der Waals surface area contributed by atoms with Crippen molar-refractivity contribution in [1.29, 1.82) is 5.26 Å². The van der Waals surface area contributed by atoms with Gasteiger partial charge in [0.25, 0.3) is 0 Å². The van der Waals surface area contributed by atoms with Gasteiger partial charge in [-0.2, -0.15) is 10.4 Å². The first-order valence-corrected chi connectivity index (χ1v) is 9.72. The van der Waals surface area contributed by atoms with Crippen molar-refractivity contribution in [3.8, 4) is 6.07 Å². The van der Waals surface area contributed by atoms with Gasteiger partial charge in [0.1, 0.15) is 15.9 Å². The summed E-state index contributed by atoms with van der Waals surface area (Å²) in [7, 11) is 0. The number of primary amides is 1. The molecule has 0 saturated carbocycles. The van der Waals surface area contributed by atoms with Crippen LogP contribution in [0.3, 0.4) is 0 Å². The van der Waals surface area contributed by atoms with E-state index in [1.54, 1.807) is 48.1 Å². The van der Waals surface area contributed by atoms with Crippen molar-refractivity contribution in [3.63, 3.8) is 0 Å². The third kappa shape index (κ3) is 3.41. The lowest BCUT2D eigenvalue weighted by Gasteiger charge is -2.28. The molecule has 1 amide bonds. The Hall–Kier alpha value is -1.78. The number of rotatable bonds is 4. The van der Waals surface area contributed by atoms with Crippen molar-refractivity contribution in [2.24, 2.45) is 5.73 Å². The maximum absolute atomic E-state index is 11.5. The fourth-order valence-electron chi connectivity index (χ4n) is 2.73. The number of fused-ring (bicyclic) bond motifs is 1. The number of halogens is 4. The number of hydrogen-bond donors (Lipinski definition) is 1. The largest absolute Gasteiger partial charge is 0.366 e. The third-order valence-corrected chi connectivity index (χ3v) is 6.77. The van der Waals surface area contributed by atoms with E-state index in [1.165, 1.54) is 0 Å². The lowest BCUT2D eigenvalue weighted by molar-refractivity contribution is 0.1000. The van der Waals surface area contributed by atoms with E-state index in [4.69, 9.17) is 40.5 Å². The van der Waals surface area contributed by atoms with Gasteiger partial charge in [0.2, 0.25) is 5.91 Å². The van der Waals surface area contributed by atoms with Crippen LogP contribution in [-0.4, -0.2) is 15.7 Å². The van der Waals surface area contributed by atoms with Gasteiger partial charge in [-0.05, 0) is 30.7 Å². The van der Waals surface area contributed by atoms with E-state index in [0.717, 1.165) is 0 Å². The highest BCUT2D eigenvalue weighted by Crippen LogP contribution is 2.42. The van der Waals surface area contributed by atoms with E-state index < -0.39 is 16.3 Å². The quantitative estimate of drug-likeness (QED) is 0.392. The maximum Gasteiger partial charge on any atom is 0.248 e. The van der Waals surface area contributed by atoms with Gasteiger partial charge >= 0.3 is 0 Å². The van der Waals surface area contributed by atoms with Crippen LogP contribution >= 0.6 is 50.7 Å². The fourth-order valence-corrected chi connectivity index (χ4v) is 4.00. The molecule has 2 atom stereocenters. The van der Waals surface area contributed by atoms with Gasteiger partial charge in [-0.25, -0.2) is 0 Å². The molecule has 3 aromatic rings. The van der Waals surface area contributed by atoms with Crippen LogP contribution < -0.4 is 5.73 Å². The van der Waals surface area contributed by atoms with Gasteiger partial charge in [-0.3, -0.25) is 9.48 Å². The first kappa shape index (κ1) is 20.0. The average molecular weight is 487 g/mol. The Morgan fingerprint density at radius 3 is 2.67 bits per heavy atom. The number of hydrogen-bond acceptors (Lipinski definition) is 3. The lowest BCUT2D eigenvalue weighted by Crippen LogP contribution is -2.30. The Morgan fingerprint density at radius 1 is 1.33 bits per heavy atom. The van der Waals surface area contributed by atoms with Crippen LogP contribution in [0.4, 0.5) is 0 Å². The molecule has 0 aliphatic carbocycles. The number of nitriles is 1. The zero-order chi connectivity index (χ0) is 19.9. The Kier molecular flexibility index (Phi) is 5.42. The Morgan fingerprint density at radius 2 is 2.04 bits per heavy atom.